The van der Waals surface area contributed by atoms with Gasteiger partial charge in [-0.25, -0.2) is 0 Å². The summed E-state index contributed by atoms with van der Waals surface area (Å²) in [6, 6.07) is 9.35. The maximum absolute atomic E-state index is 5.86. The number of hydrogen-bond donors (Lipinski definition) is 1. The maximum atomic E-state index is 5.86. The summed E-state index contributed by atoms with van der Waals surface area (Å²) in [5.74, 6) is 0. The molecule has 0 heterocycles. The van der Waals surface area contributed by atoms with Gasteiger partial charge in [-0.3, -0.25) is 0 Å². The van der Waals surface area contributed by atoms with Crippen LogP contribution < -0.4 is 10.2 Å². The van der Waals surface area contributed by atoms with E-state index in [1.807, 2.05) is 0 Å². The summed E-state index contributed by atoms with van der Waals surface area (Å²) in [7, 11) is 4.14. The Balaban J connectivity index is 1.88. The molecule has 2 rings (SSSR count). The molecule has 1 N–H and O–H groups in total. The lowest BCUT2D eigenvalue weighted by Crippen LogP contribution is -2.61. The molecule has 3 unspecified atom stereocenters. The smallest absolute Gasteiger partial charge is 0.0658 e. The second-order valence-electron chi connectivity index (χ2n) is 6.53. The van der Waals surface area contributed by atoms with Crippen LogP contribution in [0.4, 0.5) is 5.69 Å². The molecule has 1 aromatic rings. The third-order valence-electron chi connectivity index (χ3n) is 5.12. The summed E-state index contributed by atoms with van der Waals surface area (Å²) < 4.78 is 5.86. The molecule has 21 heavy (non-hydrogen) atoms. The highest BCUT2D eigenvalue weighted by atomic mass is 16.5. The minimum absolute atomic E-state index is 0.277. The molecule has 1 aromatic carbocycles. The van der Waals surface area contributed by atoms with Gasteiger partial charge in [-0.15, -0.1) is 0 Å². The molecule has 0 saturated heterocycles. The highest BCUT2D eigenvalue weighted by molar-refractivity contribution is 5.45. The zero-order valence-corrected chi connectivity index (χ0v) is 14.1. The third-order valence-corrected chi connectivity index (χ3v) is 5.12. The van der Waals surface area contributed by atoms with Gasteiger partial charge in [-0.1, -0.05) is 26.0 Å². The fourth-order valence-electron chi connectivity index (χ4n) is 3.22. The Hall–Kier alpha value is -1.06. The van der Waals surface area contributed by atoms with Crippen molar-refractivity contribution in [3.05, 3.63) is 29.8 Å². The average molecular weight is 290 g/mol. The Labute approximate surface area is 129 Å². The molecule has 1 aliphatic carbocycles. The van der Waals surface area contributed by atoms with Crippen molar-refractivity contribution in [1.29, 1.82) is 0 Å². The molecule has 0 aliphatic heterocycles. The van der Waals surface area contributed by atoms with Crippen molar-refractivity contribution >= 4 is 5.69 Å². The van der Waals surface area contributed by atoms with Crippen LogP contribution in [0, 0.1) is 5.41 Å². The van der Waals surface area contributed by atoms with Gasteiger partial charge in [-0.2, -0.15) is 0 Å². The molecule has 3 atom stereocenters. The molecule has 0 bridgehead atoms. The van der Waals surface area contributed by atoms with Gasteiger partial charge in [0.1, 0.15) is 0 Å². The summed E-state index contributed by atoms with van der Waals surface area (Å²) in [4.78, 5) is 2.13. The van der Waals surface area contributed by atoms with E-state index < -0.39 is 0 Å². The predicted octanol–water partition coefficient (Wildman–Crippen LogP) is 3.44. The number of nitrogens with one attached hydrogen (secondary N) is 1. The van der Waals surface area contributed by atoms with E-state index in [2.05, 4.69) is 69.3 Å². The van der Waals surface area contributed by atoms with Crippen molar-refractivity contribution in [2.45, 2.75) is 52.3 Å². The first-order valence-corrected chi connectivity index (χ1v) is 8.12. The number of anilines is 1. The molecule has 1 saturated carbocycles. The SMILES string of the molecule is CCOC1CC(NCc2ccc(N(C)C)cc2)C1(C)CC. The van der Waals surface area contributed by atoms with Crippen LogP contribution in [-0.4, -0.2) is 32.8 Å². The first kappa shape index (κ1) is 16.3. The first-order valence-electron chi connectivity index (χ1n) is 8.12. The van der Waals surface area contributed by atoms with E-state index in [0.29, 0.717) is 12.1 Å². The summed E-state index contributed by atoms with van der Waals surface area (Å²) in [5, 5.41) is 3.72. The summed E-state index contributed by atoms with van der Waals surface area (Å²) in [6.45, 7) is 8.46. The first-order chi connectivity index (χ1) is 10.0. The lowest BCUT2D eigenvalue weighted by Gasteiger charge is -2.53. The Morgan fingerprint density at radius 3 is 2.43 bits per heavy atom. The Kier molecular flexibility index (Phi) is 5.28. The topological polar surface area (TPSA) is 24.5 Å². The zero-order valence-electron chi connectivity index (χ0n) is 14.1. The number of ether oxygens (including phenoxy) is 1. The highest BCUT2D eigenvalue weighted by Gasteiger charge is 2.50. The van der Waals surface area contributed by atoms with Crippen LogP contribution in [0.5, 0.6) is 0 Å². The van der Waals surface area contributed by atoms with Crippen molar-refractivity contribution in [2.24, 2.45) is 5.41 Å². The molecule has 118 valence electrons. The summed E-state index contributed by atoms with van der Waals surface area (Å²) in [5.41, 5.74) is 2.87. The molecule has 0 amide bonds. The van der Waals surface area contributed by atoms with Crippen LogP contribution in [0.3, 0.4) is 0 Å². The maximum Gasteiger partial charge on any atom is 0.0658 e. The number of benzene rings is 1. The molecular weight excluding hydrogens is 260 g/mol. The van der Waals surface area contributed by atoms with Crippen LogP contribution in [0.1, 0.15) is 39.2 Å². The number of hydrogen-bond acceptors (Lipinski definition) is 3. The fourth-order valence-corrected chi connectivity index (χ4v) is 3.22. The minimum Gasteiger partial charge on any atom is -0.378 e. The monoisotopic (exact) mass is 290 g/mol. The van der Waals surface area contributed by atoms with Gasteiger partial charge in [0, 0.05) is 44.4 Å². The molecule has 3 heteroatoms. The van der Waals surface area contributed by atoms with Crippen LogP contribution in [-0.2, 0) is 11.3 Å². The average Bonchev–Trinajstić information content (AvgIpc) is 2.49. The lowest BCUT2D eigenvalue weighted by molar-refractivity contribution is -0.126. The van der Waals surface area contributed by atoms with Gasteiger partial charge in [0.25, 0.3) is 0 Å². The van der Waals surface area contributed by atoms with E-state index in [-0.39, 0.29) is 5.41 Å². The van der Waals surface area contributed by atoms with Gasteiger partial charge in [0.15, 0.2) is 0 Å². The van der Waals surface area contributed by atoms with Crippen molar-refractivity contribution in [2.75, 3.05) is 25.6 Å². The third kappa shape index (κ3) is 3.41. The van der Waals surface area contributed by atoms with Gasteiger partial charge in [0.05, 0.1) is 6.10 Å². The van der Waals surface area contributed by atoms with Crippen molar-refractivity contribution in [3.8, 4) is 0 Å². The van der Waals surface area contributed by atoms with E-state index >= 15 is 0 Å². The molecule has 0 spiro atoms. The van der Waals surface area contributed by atoms with E-state index in [9.17, 15) is 0 Å². The molecule has 0 aromatic heterocycles. The largest absolute Gasteiger partial charge is 0.378 e. The highest BCUT2D eigenvalue weighted by Crippen LogP contribution is 2.45. The Morgan fingerprint density at radius 1 is 1.24 bits per heavy atom. The van der Waals surface area contributed by atoms with Crippen molar-refractivity contribution in [1.82, 2.24) is 5.32 Å². The minimum atomic E-state index is 0.277. The van der Waals surface area contributed by atoms with E-state index in [1.165, 1.54) is 11.3 Å². The molecular formula is C18H30N2O. The normalized spacial score (nSPS) is 28.2. The Bertz CT molecular complexity index is 443. The molecule has 3 nitrogen and oxygen atoms in total. The van der Waals surface area contributed by atoms with Gasteiger partial charge >= 0.3 is 0 Å². The summed E-state index contributed by atoms with van der Waals surface area (Å²) >= 11 is 0. The van der Waals surface area contributed by atoms with Crippen LogP contribution in [0.15, 0.2) is 24.3 Å². The quantitative estimate of drug-likeness (QED) is 0.832. The van der Waals surface area contributed by atoms with Gasteiger partial charge < -0.3 is 15.0 Å². The van der Waals surface area contributed by atoms with Crippen LogP contribution >= 0.6 is 0 Å². The standard InChI is InChI=1S/C18H30N2O/c1-6-18(3)16(12-17(18)21-7-2)19-13-14-8-10-15(11-9-14)20(4)5/h8-11,16-17,19H,6-7,12-13H2,1-5H3. The van der Waals surface area contributed by atoms with Crippen molar-refractivity contribution < 1.29 is 4.74 Å². The predicted molar refractivity (Wildman–Crippen MR) is 89.8 cm³/mol. The fraction of sp³-hybridized carbons (Fsp3) is 0.667. The molecule has 1 fully saturated rings. The van der Waals surface area contributed by atoms with Gasteiger partial charge in [-0.05, 0) is 37.5 Å². The zero-order chi connectivity index (χ0) is 15.5. The van der Waals surface area contributed by atoms with Crippen LogP contribution in [0.25, 0.3) is 0 Å². The van der Waals surface area contributed by atoms with Crippen molar-refractivity contribution in [3.63, 3.8) is 0 Å². The van der Waals surface area contributed by atoms with Crippen LogP contribution in [0.2, 0.25) is 0 Å². The Morgan fingerprint density at radius 2 is 1.90 bits per heavy atom. The molecule has 1 aliphatic rings. The summed E-state index contributed by atoms with van der Waals surface area (Å²) in [6.07, 6.45) is 2.71. The second kappa shape index (κ2) is 6.80. The van der Waals surface area contributed by atoms with E-state index in [1.54, 1.807) is 0 Å². The second-order valence-corrected chi connectivity index (χ2v) is 6.53. The van der Waals surface area contributed by atoms with E-state index in [4.69, 9.17) is 4.74 Å². The lowest BCUT2D eigenvalue weighted by atomic mass is 9.61. The number of nitrogens with zero attached hydrogens (tertiary/aromatic N) is 1. The van der Waals surface area contributed by atoms with E-state index in [0.717, 1.165) is 26.0 Å². The molecule has 0 radical (unpaired) electrons. The number of rotatable bonds is 7. The van der Waals surface area contributed by atoms with Gasteiger partial charge in [0.2, 0.25) is 0 Å².